The van der Waals surface area contributed by atoms with E-state index >= 15 is 0 Å². The quantitative estimate of drug-likeness (QED) is 0.728. The van der Waals surface area contributed by atoms with Gasteiger partial charge in [0.15, 0.2) is 6.61 Å². The largest absolute Gasteiger partial charge is 0.482 e. The highest BCUT2D eigenvalue weighted by Crippen LogP contribution is 2.34. The predicted octanol–water partition coefficient (Wildman–Crippen LogP) is 3.64. The van der Waals surface area contributed by atoms with Crippen molar-refractivity contribution in [2.75, 3.05) is 24.6 Å². The Bertz CT molecular complexity index is 828. The maximum atomic E-state index is 12.7. The van der Waals surface area contributed by atoms with Crippen molar-refractivity contribution < 1.29 is 14.3 Å². The second-order valence-electron chi connectivity index (χ2n) is 6.66. The highest BCUT2D eigenvalue weighted by molar-refractivity contribution is 7.09. The lowest BCUT2D eigenvalue weighted by Gasteiger charge is -2.28. The van der Waals surface area contributed by atoms with Crippen LogP contribution in [0.3, 0.4) is 0 Å². The number of hydrogen-bond acceptors (Lipinski definition) is 5. The average molecular weight is 388 g/mol. The van der Waals surface area contributed by atoms with Crippen LogP contribution in [0.25, 0.3) is 0 Å². The number of nitrogens with zero attached hydrogens (tertiary/aromatic N) is 3. The van der Waals surface area contributed by atoms with Gasteiger partial charge in [0.2, 0.25) is 0 Å². The average Bonchev–Trinajstić information content (AvgIpc) is 3.12. The Hall–Kier alpha value is -2.41. The Balaban J connectivity index is 1.78. The van der Waals surface area contributed by atoms with Crippen LogP contribution in [0.2, 0.25) is 0 Å². The van der Waals surface area contributed by atoms with Crippen LogP contribution in [-0.4, -0.2) is 41.4 Å². The molecule has 0 unspecified atom stereocenters. The SMILES string of the molecule is CCCN(CCC)C(=O)c1csc(CN2C(=O)COc3cc(C)ccc32)n1. The smallest absolute Gasteiger partial charge is 0.273 e. The van der Waals surface area contributed by atoms with Crippen molar-refractivity contribution >= 4 is 28.8 Å². The molecule has 0 fully saturated rings. The van der Waals surface area contributed by atoms with Crippen molar-refractivity contribution in [3.05, 3.63) is 39.8 Å². The monoisotopic (exact) mass is 387 g/mol. The Labute approximate surface area is 163 Å². The Morgan fingerprint density at radius 2 is 2.04 bits per heavy atom. The lowest BCUT2D eigenvalue weighted by molar-refractivity contribution is -0.121. The molecule has 6 nitrogen and oxygen atoms in total. The molecule has 0 radical (unpaired) electrons. The van der Waals surface area contributed by atoms with Crippen molar-refractivity contribution in [2.24, 2.45) is 0 Å². The van der Waals surface area contributed by atoms with E-state index in [0.717, 1.165) is 42.2 Å². The lowest BCUT2D eigenvalue weighted by atomic mass is 10.1. The fraction of sp³-hybridized carbons (Fsp3) is 0.450. The standard InChI is InChI=1S/C20H25N3O3S/c1-4-8-22(9-5-2)20(25)15-13-27-18(21-15)11-23-16-7-6-14(3)10-17(16)26-12-19(23)24/h6-7,10,13H,4-5,8-9,11-12H2,1-3H3. The number of amides is 2. The summed E-state index contributed by atoms with van der Waals surface area (Å²) in [6.45, 7) is 7.94. The van der Waals surface area contributed by atoms with Gasteiger partial charge in [0.25, 0.3) is 11.8 Å². The minimum Gasteiger partial charge on any atom is -0.482 e. The zero-order valence-electron chi connectivity index (χ0n) is 16.0. The van der Waals surface area contributed by atoms with E-state index in [4.69, 9.17) is 4.74 Å². The molecule has 0 atom stereocenters. The molecule has 144 valence electrons. The van der Waals surface area contributed by atoms with Crippen LogP contribution in [0, 0.1) is 6.92 Å². The van der Waals surface area contributed by atoms with E-state index in [0.29, 0.717) is 18.0 Å². The minimum atomic E-state index is -0.104. The van der Waals surface area contributed by atoms with Crippen molar-refractivity contribution in [2.45, 2.75) is 40.2 Å². The van der Waals surface area contributed by atoms with Gasteiger partial charge in [-0.25, -0.2) is 4.98 Å². The van der Waals surface area contributed by atoms with E-state index in [2.05, 4.69) is 18.8 Å². The fourth-order valence-corrected chi connectivity index (χ4v) is 3.87. The molecule has 3 rings (SSSR count). The van der Waals surface area contributed by atoms with E-state index in [-0.39, 0.29) is 18.4 Å². The van der Waals surface area contributed by atoms with E-state index in [1.54, 1.807) is 10.3 Å². The van der Waals surface area contributed by atoms with Gasteiger partial charge in [0, 0.05) is 18.5 Å². The number of carbonyl (C=O) groups is 2. The van der Waals surface area contributed by atoms with Crippen molar-refractivity contribution in [1.29, 1.82) is 0 Å². The number of benzene rings is 1. The first-order chi connectivity index (χ1) is 13.0. The highest BCUT2D eigenvalue weighted by Gasteiger charge is 2.27. The lowest BCUT2D eigenvalue weighted by Crippen LogP contribution is -2.38. The van der Waals surface area contributed by atoms with E-state index < -0.39 is 0 Å². The maximum absolute atomic E-state index is 12.7. The summed E-state index contributed by atoms with van der Waals surface area (Å²) < 4.78 is 5.54. The Kier molecular flexibility index (Phi) is 6.11. The van der Waals surface area contributed by atoms with E-state index in [9.17, 15) is 9.59 Å². The molecular formula is C20H25N3O3S. The van der Waals surface area contributed by atoms with Gasteiger partial charge in [0.1, 0.15) is 16.5 Å². The van der Waals surface area contributed by atoms with Crippen LogP contribution in [-0.2, 0) is 11.3 Å². The predicted molar refractivity (Wildman–Crippen MR) is 106 cm³/mol. The summed E-state index contributed by atoms with van der Waals surface area (Å²) in [5.41, 5.74) is 2.29. The first-order valence-corrected chi connectivity index (χ1v) is 10.2. The molecule has 2 aromatic rings. The van der Waals surface area contributed by atoms with Crippen LogP contribution >= 0.6 is 11.3 Å². The molecule has 0 saturated heterocycles. The Morgan fingerprint density at radius 1 is 1.30 bits per heavy atom. The van der Waals surface area contributed by atoms with Gasteiger partial charge in [-0.1, -0.05) is 19.9 Å². The third kappa shape index (κ3) is 4.30. The van der Waals surface area contributed by atoms with Gasteiger partial charge in [-0.3, -0.25) is 14.5 Å². The normalized spacial score (nSPS) is 13.3. The third-order valence-electron chi connectivity index (χ3n) is 4.40. The molecule has 1 aliphatic rings. The minimum absolute atomic E-state index is 0.0222. The molecule has 1 aromatic heterocycles. The summed E-state index contributed by atoms with van der Waals surface area (Å²) in [5.74, 6) is 0.568. The molecular weight excluding hydrogens is 362 g/mol. The Morgan fingerprint density at radius 3 is 2.74 bits per heavy atom. The molecule has 0 bridgehead atoms. The van der Waals surface area contributed by atoms with E-state index in [1.165, 1.54) is 11.3 Å². The first-order valence-electron chi connectivity index (χ1n) is 9.31. The van der Waals surface area contributed by atoms with Crippen LogP contribution in [0.4, 0.5) is 5.69 Å². The molecule has 0 spiro atoms. The number of fused-ring (bicyclic) bond motifs is 1. The molecule has 7 heteroatoms. The number of hydrogen-bond donors (Lipinski definition) is 0. The summed E-state index contributed by atoms with van der Waals surface area (Å²) in [5, 5.41) is 2.53. The van der Waals surface area contributed by atoms with E-state index in [1.807, 2.05) is 30.0 Å². The molecule has 2 heterocycles. The molecule has 2 amide bonds. The molecule has 1 aliphatic heterocycles. The van der Waals surface area contributed by atoms with Crippen LogP contribution in [0.1, 0.15) is 47.7 Å². The van der Waals surface area contributed by atoms with Crippen molar-refractivity contribution in [3.8, 4) is 5.75 Å². The van der Waals surface area contributed by atoms with Crippen LogP contribution in [0.15, 0.2) is 23.6 Å². The number of ether oxygens (including phenoxy) is 1. The van der Waals surface area contributed by atoms with Gasteiger partial charge in [0.05, 0.1) is 12.2 Å². The molecule has 27 heavy (non-hydrogen) atoms. The zero-order valence-corrected chi connectivity index (χ0v) is 16.8. The second-order valence-corrected chi connectivity index (χ2v) is 7.60. The molecule has 1 aromatic carbocycles. The van der Waals surface area contributed by atoms with Crippen molar-refractivity contribution in [1.82, 2.24) is 9.88 Å². The van der Waals surface area contributed by atoms with Crippen molar-refractivity contribution in [3.63, 3.8) is 0 Å². The second kappa shape index (κ2) is 8.52. The molecule has 0 saturated carbocycles. The van der Waals surface area contributed by atoms with Crippen LogP contribution < -0.4 is 9.64 Å². The van der Waals surface area contributed by atoms with Crippen LogP contribution in [0.5, 0.6) is 5.75 Å². The first kappa shape index (κ1) is 19.4. The summed E-state index contributed by atoms with van der Waals surface area (Å²) in [7, 11) is 0. The van der Waals surface area contributed by atoms with Gasteiger partial charge in [-0.15, -0.1) is 11.3 Å². The third-order valence-corrected chi connectivity index (χ3v) is 5.23. The maximum Gasteiger partial charge on any atom is 0.273 e. The molecule has 0 aliphatic carbocycles. The number of aryl methyl sites for hydroxylation is 1. The zero-order chi connectivity index (χ0) is 19.4. The van der Waals surface area contributed by atoms with Gasteiger partial charge >= 0.3 is 0 Å². The fourth-order valence-electron chi connectivity index (χ4n) is 3.12. The van der Waals surface area contributed by atoms with Gasteiger partial charge in [-0.2, -0.15) is 0 Å². The number of rotatable bonds is 7. The summed E-state index contributed by atoms with van der Waals surface area (Å²) in [4.78, 5) is 33.1. The number of carbonyl (C=O) groups excluding carboxylic acids is 2. The summed E-state index contributed by atoms with van der Waals surface area (Å²) >= 11 is 1.41. The number of aromatic nitrogens is 1. The highest BCUT2D eigenvalue weighted by atomic mass is 32.1. The van der Waals surface area contributed by atoms with Gasteiger partial charge in [-0.05, 0) is 37.5 Å². The van der Waals surface area contributed by atoms with Gasteiger partial charge < -0.3 is 9.64 Å². The number of thiazole rings is 1. The number of anilines is 1. The summed E-state index contributed by atoms with van der Waals surface area (Å²) in [6, 6.07) is 5.78. The topological polar surface area (TPSA) is 62.7 Å². The summed E-state index contributed by atoms with van der Waals surface area (Å²) in [6.07, 6.45) is 1.84. The molecule has 0 N–H and O–H groups in total.